The van der Waals surface area contributed by atoms with Gasteiger partial charge in [-0.05, 0) is 57.1 Å². The first-order chi connectivity index (χ1) is 13.5. The van der Waals surface area contributed by atoms with Crippen molar-refractivity contribution in [3.05, 3.63) is 18.3 Å². The molecule has 3 heterocycles. The Bertz CT molecular complexity index is 732. The molecule has 3 fully saturated rings. The zero-order chi connectivity index (χ0) is 19.7. The summed E-state index contributed by atoms with van der Waals surface area (Å²) in [7, 11) is 0. The normalized spacial score (nSPS) is 30.7. The lowest BCUT2D eigenvalue weighted by atomic mass is 9.78. The lowest BCUT2D eigenvalue weighted by Gasteiger charge is -2.41. The summed E-state index contributed by atoms with van der Waals surface area (Å²) in [4.78, 5) is 32.7. The number of carboxylic acid groups (broad SMARTS) is 1. The van der Waals surface area contributed by atoms with Crippen molar-refractivity contribution in [2.75, 3.05) is 29.9 Å². The highest BCUT2D eigenvalue weighted by Crippen LogP contribution is 2.43. The molecule has 28 heavy (non-hydrogen) atoms. The molecule has 1 aromatic rings. The van der Waals surface area contributed by atoms with Crippen molar-refractivity contribution in [2.45, 2.75) is 57.1 Å². The summed E-state index contributed by atoms with van der Waals surface area (Å²) < 4.78 is 0. The summed E-state index contributed by atoms with van der Waals surface area (Å²) in [6.07, 6.45) is 6.28. The fourth-order valence-electron chi connectivity index (χ4n) is 5.04. The van der Waals surface area contributed by atoms with E-state index in [-0.39, 0.29) is 23.5 Å². The van der Waals surface area contributed by atoms with Gasteiger partial charge >= 0.3 is 6.09 Å². The molecule has 1 aromatic heterocycles. The fraction of sp³-hybridized carbons (Fsp3) is 0.650. The third-order valence-electron chi connectivity index (χ3n) is 6.55. The van der Waals surface area contributed by atoms with Crippen molar-refractivity contribution in [3.63, 3.8) is 0 Å². The van der Waals surface area contributed by atoms with Gasteiger partial charge in [-0.1, -0.05) is 0 Å². The van der Waals surface area contributed by atoms with Crippen LogP contribution >= 0.6 is 0 Å². The van der Waals surface area contributed by atoms with Crippen LogP contribution in [0, 0.1) is 5.41 Å². The van der Waals surface area contributed by atoms with E-state index in [1.54, 1.807) is 6.07 Å². The zero-order valence-electron chi connectivity index (χ0n) is 16.0. The van der Waals surface area contributed by atoms with Crippen molar-refractivity contribution < 1.29 is 19.8 Å². The van der Waals surface area contributed by atoms with Crippen LogP contribution in [0.3, 0.4) is 0 Å². The summed E-state index contributed by atoms with van der Waals surface area (Å²) in [5.74, 6) is 1.05. The van der Waals surface area contributed by atoms with Crippen molar-refractivity contribution >= 4 is 23.5 Å². The molecule has 2 amide bonds. The number of anilines is 2. The molecule has 2 aliphatic heterocycles. The zero-order valence-corrected chi connectivity index (χ0v) is 16.0. The van der Waals surface area contributed by atoms with E-state index in [0.717, 1.165) is 63.9 Å². The van der Waals surface area contributed by atoms with Gasteiger partial charge < -0.3 is 20.0 Å². The first-order valence-electron chi connectivity index (χ1n) is 10.2. The first-order valence-corrected chi connectivity index (χ1v) is 10.2. The number of carbonyl (C=O) groups excluding carboxylic acids is 1. The number of likely N-dealkylation sites (tertiary alicyclic amines) is 1. The molecule has 0 bridgehead atoms. The number of hydrogen-bond donors (Lipinski definition) is 3. The number of aliphatic hydroxyl groups is 1. The maximum absolute atomic E-state index is 13.4. The second-order valence-corrected chi connectivity index (χ2v) is 8.35. The summed E-state index contributed by atoms with van der Waals surface area (Å²) in [6, 6.07) is 3.78. The molecule has 3 aliphatic rings. The fourth-order valence-corrected chi connectivity index (χ4v) is 5.04. The molecule has 0 radical (unpaired) electrons. The van der Waals surface area contributed by atoms with E-state index in [9.17, 15) is 14.7 Å². The van der Waals surface area contributed by atoms with Crippen LogP contribution in [0.1, 0.15) is 44.9 Å². The average molecular weight is 388 g/mol. The number of carbonyl (C=O) groups is 2. The van der Waals surface area contributed by atoms with E-state index in [2.05, 4.69) is 20.1 Å². The van der Waals surface area contributed by atoms with Gasteiger partial charge in [0.1, 0.15) is 5.82 Å². The largest absolute Gasteiger partial charge is 0.465 e. The van der Waals surface area contributed by atoms with Crippen molar-refractivity contribution in [3.8, 4) is 0 Å². The van der Waals surface area contributed by atoms with E-state index in [1.165, 1.54) is 6.20 Å². The highest BCUT2D eigenvalue weighted by Gasteiger charge is 2.50. The van der Waals surface area contributed by atoms with Crippen LogP contribution in [-0.2, 0) is 4.79 Å². The Morgan fingerprint density at radius 3 is 2.64 bits per heavy atom. The molecular formula is C20H28N4O4. The Labute approximate surface area is 164 Å². The third-order valence-corrected chi connectivity index (χ3v) is 6.55. The van der Waals surface area contributed by atoms with Gasteiger partial charge in [-0.15, -0.1) is 0 Å². The van der Waals surface area contributed by atoms with E-state index < -0.39 is 6.09 Å². The lowest BCUT2D eigenvalue weighted by Crippen LogP contribution is -2.50. The molecule has 0 unspecified atom stereocenters. The number of hydrogen-bond acceptors (Lipinski definition) is 5. The Balaban J connectivity index is 1.44. The minimum Gasteiger partial charge on any atom is -0.465 e. The van der Waals surface area contributed by atoms with Crippen molar-refractivity contribution in [1.29, 1.82) is 0 Å². The average Bonchev–Trinajstić information content (AvgIpc) is 2.98. The lowest BCUT2D eigenvalue weighted by molar-refractivity contribution is -0.139. The molecule has 0 aromatic carbocycles. The van der Waals surface area contributed by atoms with Crippen LogP contribution in [0.15, 0.2) is 18.3 Å². The molecule has 1 saturated carbocycles. The van der Waals surface area contributed by atoms with Crippen LogP contribution in [-0.4, -0.2) is 63.9 Å². The minimum atomic E-state index is -1.11. The molecule has 1 spiro atoms. The van der Waals surface area contributed by atoms with Gasteiger partial charge in [0, 0.05) is 25.7 Å². The predicted octanol–water partition coefficient (Wildman–Crippen LogP) is 2.29. The number of amides is 2. The van der Waals surface area contributed by atoms with E-state index >= 15 is 0 Å². The van der Waals surface area contributed by atoms with E-state index in [0.29, 0.717) is 12.2 Å². The maximum Gasteiger partial charge on any atom is 0.409 e. The SMILES string of the molecule is O=C(O)Nc1ccc(N2CCC[C@]3(CCN([C@H]4CC[C@H](O)CC4)C3=O)C2)nc1. The number of aromatic nitrogens is 1. The van der Waals surface area contributed by atoms with E-state index in [4.69, 9.17) is 5.11 Å². The number of nitrogens with zero attached hydrogens (tertiary/aromatic N) is 3. The predicted molar refractivity (Wildman–Crippen MR) is 104 cm³/mol. The molecule has 8 heteroatoms. The quantitative estimate of drug-likeness (QED) is 0.734. The van der Waals surface area contributed by atoms with Crippen molar-refractivity contribution in [1.82, 2.24) is 9.88 Å². The highest BCUT2D eigenvalue weighted by atomic mass is 16.4. The van der Waals surface area contributed by atoms with Crippen molar-refractivity contribution in [2.24, 2.45) is 5.41 Å². The van der Waals surface area contributed by atoms with Crippen LogP contribution < -0.4 is 10.2 Å². The van der Waals surface area contributed by atoms with Gasteiger partial charge in [-0.2, -0.15) is 0 Å². The molecule has 4 rings (SSSR count). The topological polar surface area (TPSA) is 106 Å². The third kappa shape index (κ3) is 3.65. The molecule has 152 valence electrons. The maximum atomic E-state index is 13.4. The van der Waals surface area contributed by atoms with Crippen LogP contribution in [0.5, 0.6) is 0 Å². The Morgan fingerprint density at radius 1 is 1.18 bits per heavy atom. The number of rotatable bonds is 3. The van der Waals surface area contributed by atoms with Crippen LogP contribution in [0.2, 0.25) is 0 Å². The summed E-state index contributed by atoms with van der Waals surface area (Å²) >= 11 is 0. The molecular weight excluding hydrogens is 360 g/mol. The second kappa shape index (κ2) is 7.58. The molecule has 1 aliphatic carbocycles. The smallest absolute Gasteiger partial charge is 0.409 e. The summed E-state index contributed by atoms with van der Waals surface area (Å²) in [6.45, 7) is 2.32. The molecule has 2 saturated heterocycles. The van der Waals surface area contributed by atoms with Crippen LogP contribution in [0.25, 0.3) is 0 Å². The Morgan fingerprint density at radius 2 is 1.96 bits per heavy atom. The Hall–Kier alpha value is -2.35. The Kier molecular flexibility index (Phi) is 5.14. The number of pyridine rings is 1. The number of aliphatic hydroxyl groups excluding tert-OH is 1. The molecule has 1 atom stereocenters. The van der Waals surface area contributed by atoms with Gasteiger partial charge in [0.2, 0.25) is 5.91 Å². The van der Waals surface area contributed by atoms with Gasteiger partial charge in [-0.3, -0.25) is 10.1 Å². The minimum absolute atomic E-state index is 0.210. The second-order valence-electron chi connectivity index (χ2n) is 8.35. The number of piperidine rings is 1. The summed E-state index contributed by atoms with van der Waals surface area (Å²) in [5.41, 5.74) is 0.0964. The summed E-state index contributed by atoms with van der Waals surface area (Å²) in [5, 5.41) is 20.8. The standard InChI is InChI=1S/C20H28N4O4/c25-16-5-3-15(4-6-16)24-11-9-20(18(24)26)8-1-10-23(13-20)17-7-2-14(12-21-17)22-19(27)28/h2,7,12,15-16,22,25H,1,3-6,8-11,13H2,(H,27,28)/t15-,16-,20-/m0/s1. The van der Waals surface area contributed by atoms with Crippen LogP contribution in [0.4, 0.5) is 16.3 Å². The van der Waals surface area contributed by atoms with E-state index in [1.807, 2.05) is 6.07 Å². The molecule has 8 nitrogen and oxygen atoms in total. The van der Waals surface area contributed by atoms with Gasteiger partial charge in [0.25, 0.3) is 0 Å². The number of nitrogens with one attached hydrogen (secondary N) is 1. The highest BCUT2D eigenvalue weighted by molar-refractivity contribution is 5.86. The first kappa shape index (κ1) is 19.0. The van der Waals surface area contributed by atoms with Gasteiger partial charge in [0.15, 0.2) is 0 Å². The van der Waals surface area contributed by atoms with Gasteiger partial charge in [-0.25, -0.2) is 9.78 Å². The molecule has 3 N–H and O–H groups in total. The van der Waals surface area contributed by atoms with Gasteiger partial charge in [0.05, 0.1) is 23.4 Å². The monoisotopic (exact) mass is 388 g/mol.